The van der Waals surface area contributed by atoms with Gasteiger partial charge in [0, 0.05) is 19.4 Å². The molecular formula is C35H68N2O4. The SMILES string of the molecule is CCCCCCCCCCCCCCCCCC(=O)NC(CNC(=O)CCCCCCCCCCCCC)C(=O)O. The summed E-state index contributed by atoms with van der Waals surface area (Å²) in [5, 5.41) is 14.7. The van der Waals surface area contributed by atoms with Crippen molar-refractivity contribution < 1.29 is 19.5 Å². The van der Waals surface area contributed by atoms with Gasteiger partial charge in [-0.2, -0.15) is 0 Å². The van der Waals surface area contributed by atoms with Gasteiger partial charge in [0.05, 0.1) is 0 Å². The maximum atomic E-state index is 12.2. The molecule has 0 aromatic heterocycles. The molecule has 0 saturated carbocycles. The van der Waals surface area contributed by atoms with Gasteiger partial charge in [0.25, 0.3) is 0 Å². The Hall–Kier alpha value is -1.59. The molecule has 0 bridgehead atoms. The number of amides is 2. The minimum Gasteiger partial charge on any atom is -0.480 e. The minimum absolute atomic E-state index is 0.0587. The Bertz CT molecular complexity index is 611. The lowest BCUT2D eigenvalue weighted by Crippen LogP contribution is -2.48. The fourth-order valence-electron chi connectivity index (χ4n) is 5.38. The molecular weight excluding hydrogens is 512 g/mol. The monoisotopic (exact) mass is 581 g/mol. The molecule has 0 saturated heterocycles. The molecule has 41 heavy (non-hydrogen) atoms. The van der Waals surface area contributed by atoms with E-state index in [9.17, 15) is 19.5 Å². The largest absolute Gasteiger partial charge is 0.480 e. The lowest BCUT2D eigenvalue weighted by Gasteiger charge is -2.15. The molecule has 0 rings (SSSR count). The number of hydrogen-bond acceptors (Lipinski definition) is 3. The number of carbonyl (C=O) groups excluding carboxylic acids is 2. The molecule has 2 amide bonds. The summed E-state index contributed by atoms with van der Waals surface area (Å²) in [6, 6.07) is -1.07. The van der Waals surface area contributed by atoms with Gasteiger partial charge in [-0.25, -0.2) is 4.79 Å². The van der Waals surface area contributed by atoms with Gasteiger partial charge in [0.1, 0.15) is 6.04 Å². The van der Waals surface area contributed by atoms with E-state index in [-0.39, 0.29) is 18.4 Å². The summed E-state index contributed by atoms with van der Waals surface area (Å²) in [6.45, 7) is 4.45. The molecule has 0 aromatic rings. The van der Waals surface area contributed by atoms with Crippen molar-refractivity contribution in [3.8, 4) is 0 Å². The first kappa shape index (κ1) is 39.4. The number of unbranched alkanes of at least 4 members (excludes halogenated alkanes) is 24. The van der Waals surface area contributed by atoms with Crippen LogP contribution in [0.15, 0.2) is 0 Å². The van der Waals surface area contributed by atoms with E-state index in [0.717, 1.165) is 38.5 Å². The summed E-state index contributed by atoms with van der Waals surface area (Å²) in [5.41, 5.74) is 0. The summed E-state index contributed by atoms with van der Waals surface area (Å²) < 4.78 is 0. The van der Waals surface area contributed by atoms with Gasteiger partial charge < -0.3 is 15.7 Å². The van der Waals surface area contributed by atoms with Crippen molar-refractivity contribution in [2.75, 3.05) is 6.54 Å². The normalized spacial score (nSPS) is 11.9. The molecule has 0 aliphatic rings. The van der Waals surface area contributed by atoms with Gasteiger partial charge >= 0.3 is 5.97 Å². The first-order valence-corrected chi connectivity index (χ1v) is 17.8. The van der Waals surface area contributed by atoms with Crippen LogP contribution in [0, 0.1) is 0 Å². The van der Waals surface area contributed by atoms with E-state index in [1.807, 2.05) is 0 Å². The van der Waals surface area contributed by atoms with Crippen LogP contribution in [-0.2, 0) is 14.4 Å². The van der Waals surface area contributed by atoms with Crippen LogP contribution in [0.3, 0.4) is 0 Å². The van der Waals surface area contributed by atoms with E-state index in [0.29, 0.717) is 12.8 Å². The number of rotatable bonds is 32. The fraction of sp³-hybridized carbons (Fsp3) is 0.914. The van der Waals surface area contributed by atoms with Gasteiger partial charge in [-0.15, -0.1) is 0 Å². The smallest absolute Gasteiger partial charge is 0.328 e. The van der Waals surface area contributed by atoms with Crippen LogP contribution in [0.1, 0.15) is 194 Å². The highest BCUT2D eigenvalue weighted by Crippen LogP contribution is 2.14. The molecule has 1 atom stereocenters. The van der Waals surface area contributed by atoms with Crippen LogP contribution in [0.5, 0.6) is 0 Å². The van der Waals surface area contributed by atoms with Gasteiger partial charge in [-0.05, 0) is 12.8 Å². The van der Waals surface area contributed by atoms with Crippen LogP contribution < -0.4 is 10.6 Å². The molecule has 0 aromatic carbocycles. The molecule has 0 fully saturated rings. The summed E-state index contributed by atoms with van der Waals surface area (Å²) in [7, 11) is 0. The summed E-state index contributed by atoms with van der Waals surface area (Å²) >= 11 is 0. The Morgan fingerprint density at radius 3 is 1.07 bits per heavy atom. The fourth-order valence-corrected chi connectivity index (χ4v) is 5.38. The highest BCUT2D eigenvalue weighted by Gasteiger charge is 2.20. The van der Waals surface area contributed by atoms with E-state index in [1.165, 1.54) is 128 Å². The second-order valence-corrected chi connectivity index (χ2v) is 12.2. The molecule has 0 heterocycles. The maximum absolute atomic E-state index is 12.2. The van der Waals surface area contributed by atoms with Crippen molar-refractivity contribution in [1.29, 1.82) is 0 Å². The van der Waals surface area contributed by atoms with Crippen LogP contribution in [0.2, 0.25) is 0 Å². The van der Waals surface area contributed by atoms with Crippen LogP contribution in [-0.4, -0.2) is 35.5 Å². The van der Waals surface area contributed by atoms with E-state index in [2.05, 4.69) is 24.5 Å². The molecule has 0 aliphatic carbocycles. The number of carboxylic acid groups (broad SMARTS) is 1. The maximum Gasteiger partial charge on any atom is 0.328 e. The van der Waals surface area contributed by atoms with E-state index >= 15 is 0 Å². The first-order valence-electron chi connectivity index (χ1n) is 17.8. The Balaban J connectivity index is 3.65. The zero-order valence-electron chi connectivity index (χ0n) is 27.3. The van der Waals surface area contributed by atoms with Crippen molar-refractivity contribution in [3.05, 3.63) is 0 Å². The third-order valence-corrected chi connectivity index (χ3v) is 8.15. The summed E-state index contributed by atoms with van der Waals surface area (Å²) in [6.07, 6.45) is 33.3. The van der Waals surface area contributed by atoms with Crippen molar-refractivity contribution in [1.82, 2.24) is 10.6 Å². The first-order chi connectivity index (χ1) is 20.0. The van der Waals surface area contributed by atoms with E-state index in [4.69, 9.17) is 0 Å². The quantitative estimate of drug-likeness (QED) is 0.0690. The Kier molecular flexibility index (Phi) is 30.1. The number of carbonyl (C=O) groups is 3. The average Bonchev–Trinajstić information content (AvgIpc) is 2.95. The van der Waals surface area contributed by atoms with E-state index < -0.39 is 12.0 Å². The van der Waals surface area contributed by atoms with Gasteiger partial charge in [0.15, 0.2) is 0 Å². The number of aliphatic carboxylic acids is 1. The molecule has 3 N–H and O–H groups in total. The molecule has 242 valence electrons. The number of nitrogens with one attached hydrogen (secondary N) is 2. The van der Waals surface area contributed by atoms with Gasteiger partial charge in [-0.3, -0.25) is 9.59 Å². The Morgan fingerprint density at radius 2 is 0.756 bits per heavy atom. The highest BCUT2D eigenvalue weighted by atomic mass is 16.4. The molecule has 6 nitrogen and oxygen atoms in total. The second-order valence-electron chi connectivity index (χ2n) is 12.2. The van der Waals surface area contributed by atoms with E-state index in [1.54, 1.807) is 0 Å². The topological polar surface area (TPSA) is 95.5 Å². The lowest BCUT2D eigenvalue weighted by atomic mass is 10.0. The molecule has 0 aliphatic heterocycles. The van der Waals surface area contributed by atoms with Crippen molar-refractivity contribution >= 4 is 17.8 Å². The summed E-state index contributed by atoms with van der Waals surface area (Å²) in [5.74, 6) is -1.49. The molecule has 6 heteroatoms. The molecule has 1 unspecified atom stereocenters. The zero-order chi connectivity index (χ0) is 30.2. The molecule has 0 spiro atoms. The van der Waals surface area contributed by atoms with Gasteiger partial charge in [-0.1, -0.05) is 168 Å². The third kappa shape index (κ3) is 29.7. The number of carboxylic acids is 1. The van der Waals surface area contributed by atoms with Crippen molar-refractivity contribution in [2.24, 2.45) is 0 Å². The predicted octanol–water partition coefficient (Wildman–Crippen LogP) is 9.63. The molecule has 0 radical (unpaired) electrons. The third-order valence-electron chi connectivity index (χ3n) is 8.15. The zero-order valence-corrected chi connectivity index (χ0v) is 27.3. The summed E-state index contributed by atoms with van der Waals surface area (Å²) in [4.78, 5) is 35.9. The lowest BCUT2D eigenvalue weighted by molar-refractivity contribution is -0.141. The average molecular weight is 581 g/mol. The number of hydrogen-bond donors (Lipinski definition) is 3. The van der Waals surface area contributed by atoms with Crippen molar-refractivity contribution in [3.63, 3.8) is 0 Å². The second kappa shape index (κ2) is 31.3. The predicted molar refractivity (Wildman–Crippen MR) is 173 cm³/mol. The van der Waals surface area contributed by atoms with Gasteiger partial charge in [0.2, 0.25) is 11.8 Å². The van der Waals surface area contributed by atoms with Crippen LogP contribution in [0.25, 0.3) is 0 Å². The van der Waals surface area contributed by atoms with Crippen LogP contribution in [0.4, 0.5) is 0 Å². The van der Waals surface area contributed by atoms with Crippen molar-refractivity contribution in [2.45, 2.75) is 200 Å². The minimum atomic E-state index is -1.11. The Morgan fingerprint density at radius 1 is 0.463 bits per heavy atom. The highest BCUT2D eigenvalue weighted by molar-refractivity contribution is 5.84. The van der Waals surface area contributed by atoms with Crippen LogP contribution >= 0.6 is 0 Å². The standard InChI is InChI=1S/C35H68N2O4/c1-3-5-7-9-11-13-15-16-17-18-20-22-24-26-28-30-34(39)37-32(35(40)41)31-36-33(38)29-27-25-23-21-19-14-12-10-8-6-4-2/h32H,3-31H2,1-2H3,(H,36,38)(H,37,39)(H,40,41). The Labute approximate surface area is 254 Å².